The zero-order chi connectivity index (χ0) is 13.7. The lowest BCUT2D eigenvalue weighted by Gasteiger charge is -2.18. The number of aromatic nitrogens is 1. The molecule has 3 nitrogen and oxygen atoms in total. The number of rotatable bonds is 5. The smallest absolute Gasteiger partial charge is 0.118 e. The van der Waals surface area contributed by atoms with Crippen LogP contribution in [0.3, 0.4) is 0 Å². The summed E-state index contributed by atoms with van der Waals surface area (Å²) in [5.74, 6) is 0.871. The van der Waals surface area contributed by atoms with Crippen LogP contribution in [-0.2, 0) is 0 Å². The van der Waals surface area contributed by atoms with Gasteiger partial charge in [0, 0.05) is 5.69 Å². The molecule has 0 aliphatic rings. The topological polar surface area (TPSA) is 34.1 Å². The van der Waals surface area contributed by atoms with E-state index in [0.717, 1.165) is 23.7 Å². The number of hydrogen-bond acceptors (Lipinski definition) is 3. The summed E-state index contributed by atoms with van der Waals surface area (Å²) >= 11 is 0. The Balaban J connectivity index is 2.33. The van der Waals surface area contributed by atoms with Crippen molar-refractivity contribution in [3.63, 3.8) is 0 Å². The lowest BCUT2D eigenvalue weighted by molar-refractivity contribution is 0.414. The van der Waals surface area contributed by atoms with E-state index in [2.05, 4.69) is 35.4 Å². The van der Waals surface area contributed by atoms with E-state index >= 15 is 0 Å². The molecular formula is C16H20N2O. The normalized spacial score (nSPS) is 12.2. The van der Waals surface area contributed by atoms with Crippen molar-refractivity contribution in [2.45, 2.75) is 19.9 Å². The van der Waals surface area contributed by atoms with E-state index < -0.39 is 0 Å². The van der Waals surface area contributed by atoms with Crippen molar-refractivity contribution in [3.05, 3.63) is 59.4 Å². The monoisotopic (exact) mass is 256 g/mol. The third-order valence-electron chi connectivity index (χ3n) is 3.06. The van der Waals surface area contributed by atoms with Gasteiger partial charge >= 0.3 is 0 Å². The fourth-order valence-electron chi connectivity index (χ4n) is 2.12. The van der Waals surface area contributed by atoms with Crippen LogP contribution in [0.1, 0.15) is 29.9 Å². The molecule has 0 bridgehead atoms. The van der Waals surface area contributed by atoms with E-state index in [0.29, 0.717) is 0 Å². The van der Waals surface area contributed by atoms with E-state index in [-0.39, 0.29) is 6.04 Å². The van der Waals surface area contributed by atoms with Gasteiger partial charge in [0.25, 0.3) is 0 Å². The maximum Gasteiger partial charge on any atom is 0.118 e. The molecule has 0 spiro atoms. The van der Waals surface area contributed by atoms with Crippen LogP contribution in [0, 0.1) is 6.92 Å². The van der Waals surface area contributed by atoms with Crippen LogP contribution < -0.4 is 10.1 Å². The van der Waals surface area contributed by atoms with Gasteiger partial charge in [0.2, 0.25) is 0 Å². The Morgan fingerprint density at radius 1 is 1.16 bits per heavy atom. The van der Waals surface area contributed by atoms with Crippen LogP contribution in [0.15, 0.2) is 42.5 Å². The molecule has 19 heavy (non-hydrogen) atoms. The number of pyridine rings is 1. The average molecular weight is 256 g/mol. The molecule has 1 aromatic carbocycles. The second-order valence-corrected chi connectivity index (χ2v) is 4.47. The van der Waals surface area contributed by atoms with Gasteiger partial charge in [-0.3, -0.25) is 4.98 Å². The summed E-state index contributed by atoms with van der Waals surface area (Å²) in [7, 11) is 1.68. The minimum absolute atomic E-state index is 0.121. The van der Waals surface area contributed by atoms with Crippen molar-refractivity contribution in [1.82, 2.24) is 10.3 Å². The minimum Gasteiger partial charge on any atom is -0.497 e. The molecule has 1 unspecified atom stereocenters. The fraction of sp³-hybridized carbons (Fsp3) is 0.312. The molecule has 0 fully saturated rings. The third-order valence-corrected chi connectivity index (χ3v) is 3.06. The summed E-state index contributed by atoms with van der Waals surface area (Å²) in [4.78, 5) is 4.62. The van der Waals surface area contributed by atoms with Gasteiger partial charge in [-0.25, -0.2) is 0 Å². The van der Waals surface area contributed by atoms with E-state index in [4.69, 9.17) is 4.74 Å². The SMILES string of the molecule is CCNC(c1ccc(OC)cc1)c1cccc(C)n1. The maximum atomic E-state index is 5.20. The van der Waals surface area contributed by atoms with Gasteiger partial charge in [0.15, 0.2) is 0 Å². The molecule has 0 saturated heterocycles. The van der Waals surface area contributed by atoms with Crippen LogP contribution in [0.5, 0.6) is 5.75 Å². The largest absolute Gasteiger partial charge is 0.497 e. The molecule has 0 aliphatic carbocycles. The Kier molecular flexibility index (Phi) is 4.53. The highest BCUT2D eigenvalue weighted by Gasteiger charge is 2.14. The van der Waals surface area contributed by atoms with Gasteiger partial charge in [0.1, 0.15) is 5.75 Å². The number of nitrogens with zero attached hydrogens (tertiary/aromatic N) is 1. The van der Waals surface area contributed by atoms with Crippen LogP contribution >= 0.6 is 0 Å². The molecule has 3 heteroatoms. The van der Waals surface area contributed by atoms with E-state index in [1.807, 2.05) is 31.2 Å². The highest BCUT2D eigenvalue weighted by molar-refractivity contribution is 5.33. The van der Waals surface area contributed by atoms with Crippen LogP contribution in [-0.4, -0.2) is 18.6 Å². The quantitative estimate of drug-likeness (QED) is 0.892. The van der Waals surface area contributed by atoms with Crippen molar-refractivity contribution in [2.24, 2.45) is 0 Å². The molecule has 0 radical (unpaired) electrons. The second-order valence-electron chi connectivity index (χ2n) is 4.47. The van der Waals surface area contributed by atoms with Crippen molar-refractivity contribution in [2.75, 3.05) is 13.7 Å². The molecule has 0 saturated carbocycles. The van der Waals surface area contributed by atoms with Gasteiger partial charge in [-0.1, -0.05) is 25.1 Å². The predicted molar refractivity (Wildman–Crippen MR) is 77.5 cm³/mol. The number of nitrogens with one attached hydrogen (secondary N) is 1. The third kappa shape index (κ3) is 3.32. The zero-order valence-electron chi connectivity index (χ0n) is 11.7. The minimum atomic E-state index is 0.121. The standard InChI is InChI=1S/C16H20N2O/c1-4-17-16(15-7-5-6-12(2)18-15)13-8-10-14(19-3)11-9-13/h5-11,16-17H,4H2,1-3H3. The summed E-state index contributed by atoms with van der Waals surface area (Å²) < 4.78 is 5.20. The molecule has 1 atom stereocenters. The number of aryl methyl sites for hydroxylation is 1. The Labute approximate surface area is 114 Å². The predicted octanol–water partition coefficient (Wildman–Crippen LogP) is 3.10. The molecule has 2 aromatic rings. The lowest BCUT2D eigenvalue weighted by Crippen LogP contribution is -2.23. The van der Waals surface area contributed by atoms with Gasteiger partial charge in [-0.05, 0) is 43.3 Å². The summed E-state index contributed by atoms with van der Waals surface area (Å²) in [6.07, 6.45) is 0. The summed E-state index contributed by atoms with van der Waals surface area (Å²) in [5, 5.41) is 3.48. The van der Waals surface area contributed by atoms with Crippen molar-refractivity contribution >= 4 is 0 Å². The lowest BCUT2D eigenvalue weighted by atomic mass is 10.0. The highest BCUT2D eigenvalue weighted by Crippen LogP contribution is 2.23. The van der Waals surface area contributed by atoms with Crippen LogP contribution in [0.25, 0.3) is 0 Å². The first-order chi connectivity index (χ1) is 9.24. The van der Waals surface area contributed by atoms with Gasteiger partial charge in [-0.15, -0.1) is 0 Å². The van der Waals surface area contributed by atoms with E-state index in [1.165, 1.54) is 5.56 Å². The molecular weight excluding hydrogens is 236 g/mol. The Bertz CT molecular complexity index is 523. The van der Waals surface area contributed by atoms with E-state index in [9.17, 15) is 0 Å². The van der Waals surface area contributed by atoms with Crippen LogP contribution in [0.2, 0.25) is 0 Å². The Morgan fingerprint density at radius 2 is 1.89 bits per heavy atom. The highest BCUT2D eigenvalue weighted by atomic mass is 16.5. The Hall–Kier alpha value is -1.87. The summed E-state index contributed by atoms with van der Waals surface area (Å²) in [6, 6.07) is 14.4. The van der Waals surface area contributed by atoms with Crippen molar-refractivity contribution in [3.8, 4) is 5.75 Å². The fourth-order valence-corrected chi connectivity index (χ4v) is 2.12. The molecule has 2 rings (SSSR count). The van der Waals surface area contributed by atoms with Gasteiger partial charge in [0.05, 0.1) is 18.8 Å². The molecule has 1 N–H and O–H groups in total. The van der Waals surface area contributed by atoms with E-state index in [1.54, 1.807) is 7.11 Å². The number of hydrogen-bond donors (Lipinski definition) is 1. The molecule has 0 aliphatic heterocycles. The molecule has 0 amide bonds. The first-order valence-corrected chi connectivity index (χ1v) is 6.55. The number of benzene rings is 1. The van der Waals surface area contributed by atoms with Crippen LogP contribution in [0.4, 0.5) is 0 Å². The summed E-state index contributed by atoms with van der Waals surface area (Å²) in [6.45, 7) is 5.01. The number of methoxy groups -OCH3 is 1. The number of ether oxygens (including phenoxy) is 1. The molecule has 1 heterocycles. The van der Waals surface area contributed by atoms with Crippen molar-refractivity contribution < 1.29 is 4.74 Å². The average Bonchev–Trinajstić information content (AvgIpc) is 2.45. The van der Waals surface area contributed by atoms with Gasteiger partial charge in [-0.2, -0.15) is 0 Å². The van der Waals surface area contributed by atoms with Gasteiger partial charge < -0.3 is 10.1 Å². The molecule has 1 aromatic heterocycles. The molecule has 100 valence electrons. The second kappa shape index (κ2) is 6.34. The summed E-state index contributed by atoms with van der Waals surface area (Å²) in [5.41, 5.74) is 3.28. The maximum absolute atomic E-state index is 5.20. The zero-order valence-corrected chi connectivity index (χ0v) is 11.7. The first-order valence-electron chi connectivity index (χ1n) is 6.55. The Morgan fingerprint density at radius 3 is 2.47 bits per heavy atom. The first kappa shape index (κ1) is 13.6. The van der Waals surface area contributed by atoms with Crippen molar-refractivity contribution in [1.29, 1.82) is 0 Å².